The number of nitrogens with zero attached hydrogens (tertiary/aromatic N) is 2. The first-order valence-electron chi connectivity index (χ1n) is 9.78. The summed E-state index contributed by atoms with van der Waals surface area (Å²) in [6, 6.07) is 1.76. The van der Waals surface area contributed by atoms with Crippen molar-refractivity contribution < 1.29 is 9.53 Å². The smallest absolute Gasteiger partial charge is 0.271 e. The van der Waals surface area contributed by atoms with E-state index >= 15 is 0 Å². The van der Waals surface area contributed by atoms with Crippen LogP contribution in [0.1, 0.15) is 69.8 Å². The van der Waals surface area contributed by atoms with Crippen LogP contribution < -0.4 is 5.32 Å². The molecule has 4 aliphatic carbocycles. The number of rotatable bonds is 6. The van der Waals surface area contributed by atoms with Gasteiger partial charge in [0.15, 0.2) is 0 Å². The van der Waals surface area contributed by atoms with Gasteiger partial charge in [-0.1, -0.05) is 13.8 Å². The molecule has 0 aliphatic heterocycles. The molecule has 138 valence electrons. The van der Waals surface area contributed by atoms with Crippen molar-refractivity contribution >= 4 is 5.91 Å². The molecule has 1 aromatic heterocycles. The van der Waals surface area contributed by atoms with Gasteiger partial charge in [0, 0.05) is 19.3 Å². The van der Waals surface area contributed by atoms with Crippen LogP contribution >= 0.6 is 0 Å². The predicted molar refractivity (Wildman–Crippen MR) is 96.3 cm³/mol. The molecule has 1 N–H and O–H groups in total. The van der Waals surface area contributed by atoms with Gasteiger partial charge in [0.1, 0.15) is 5.69 Å². The standard InChI is InChI=1S/C20H31N3O2/c1-4-23-7-5-16(22-23)17(24)21-6-8-25-20-11-15-9-18(2,13-20)12-19(3,10-15)14-20/h5,7,15H,4,6,8-14H2,1-3H3,(H,21,24)/t15?,18-,19-,20?/m0/s1. The Labute approximate surface area is 150 Å². The van der Waals surface area contributed by atoms with Crippen molar-refractivity contribution in [2.45, 2.75) is 71.4 Å². The summed E-state index contributed by atoms with van der Waals surface area (Å²) in [4.78, 5) is 12.2. The minimum atomic E-state index is -0.111. The monoisotopic (exact) mass is 345 g/mol. The Kier molecular flexibility index (Phi) is 3.98. The van der Waals surface area contributed by atoms with Gasteiger partial charge in [0.25, 0.3) is 5.91 Å². The van der Waals surface area contributed by atoms with Crippen molar-refractivity contribution in [3.8, 4) is 0 Å². The number of carbonyl (C=O) groups is 1. The van der Waals surface area contributed by atoms with Crippen LogP contribution in [0.2, 0.25) is 0 Å². The van der Waals surface area contributed by atoms with Gasteiger partial charge in [-0.15, -0.1) is 0 Å². The number of aryl methyl sites for hydroxylation is 1. The zero-order chi connectivity index (χ0) is 17.7. The van der Waals surface area contributed by atoms with Crippen LogP contribution in [0.25, 0.3) is 0 Å². The Morgan fingerprint density at radius 1 is 1.28 bits per heavy atom. The molecule has 0 unspecified atom stereocenters. The number of amides is 1. The van der Waals surface area contributed by atoms with E-state index in [-0.39, 0.29) is 11.5 Å². The van der Waals surface area contributed by atoms with Crippen LogP contribution in [-0.4, -0.2) is 34.4 Å². The van der Waals surface area contributed by atoms with E-state index in [1.807, 2.05) is 13.1 Å². The number of hydrogen-bond acceptors (Lipinski definition) is 3. The van der Waals surface area contributed by atoms with Crippen LogP contribution in [0.5, 0.6) is 0 Å². The second-order valence-corrected chi connectivity index (χ2v) is 9.47. The Hall–Kier alpha value is -1.36. The van der Waals surface area contributed by atoms with E-state index in [1.165, 1.54) is 38.5 Å². The Balaban J connectivity index is 1.31. The highest BCUT2D eigenvalue weighted by molar-refractivity contribution is 5.92. The number of aromatic nitrogens is 2. The quantitative estimate of drug-likeness (QED) is 0.804. The molecule has 4 aliphatic rings. The first-order valence-corrected chi connectivity index (χ1v) is 9.78. The molecule has 5 rings (SSSR count). The highest BCUT2D eigenvalue weighted by atomic mass is 16.5. The van der Waals surface area contributed by atoms with Gasteiger partial charge in [0.05, 0.1) is 12.2 Å². The van der Waals surface area contributed by atoms with E-state index in [1.54, 1.807) is 10.7 Å². The number of carbonyl (C=O) groups excluding carboxylic acids is 1. The fraction of sp³-hybridized carbons (Fsp3) is 0.800. The second kappa shape index (κ2) is 5.83. The van der Waals surface area contributed by atoms with Crippen LogP contribution in [0.15, 0.2) is 12.3 Å². The normalized spacial score (nSPS) is 38.9. The maximum Gasteiger partial charge on any atom is 0.271 e. The van der Waals surface area contributed by atoms with Crippen LogP contribution in [0.4, 0.5) is 0 Å². The zero-order valence-corrected chi connectivity index (χ0v) is 15.8. The van der Waals surface area contributed by atoms with Gasteiger partial charge in [-0.2, -0.15) is 5.10 Å². The summed E-state index contributed by atoms with van der Waals surface area (Å²) in [6.45, 7) is 8.85. The van der Waals surface area contributed by atoms with Crippen molar-refractivity contribution in [1.29, 1.82) is 0 Å². The highest BCUT2D eigenvalue weighted by Crippen LogP contribution is 2.67. The van der Waals surface area contributed by atoms with E-state index in [2.05, 4.69) is 24.3 Å². The number of hydrogen-bond donors (Lipinski definition) is 1. The van der Waals surface area contributed by atoms with Gasteiger partial charge in [-0.3, -0.25) is 9.48 Å². The molecular formula is C20H31N3O2. The Bertz CT molecular complexity index is 650. The van der Waals surface area contributed by atoms with Crippen LogP contribution in [0.3, 0.4) is 0 Å². The number of nitrogens with one attached hydrogen (secondary N) is 1. The molecule has 0 radical (unpaired) electrons. The van der Waals surface area contributed by atoms with Crippen LogP contribution in [-0.2, 0) is 11.3 Å². The highest BCUT2D eigenvalue weighted by Gasteiger charge is 2.60. The van der Waals surface area contributed by atoms with Crippen molar-refractivity contribution in [2.24, 2.45) is 16.7 Å². The third-order valence-corrected chi connectivity index (χ3v) is 6.57. The summed E-state index contributed by atoms with van der Waals surface area (Å²) in [6.07, 6.45) is 9.56. The SMILES string of the molecule is CCn1ccc(C(=O)NCCOC23CC4C[C@](C)(C2)C[C@](C)(C4)C3)n1. The topological polar surface area (TPSA) is 56.2 Å². The zero-order valence-electron chi connectivity index (χ0n) is 15.8. The van der Waals surface area contributed by atoms with Gasteiger partial charge in [-0.05, 0) is 68.3 Å². The third kappa shape index (κ3) is 3.23. The first-order chi connectivity index (χ1) is 11.8. The lowest BCUT2D eigenvalue weighted by atomic mass is 9.43. The molecule has 0 aromatic carbocycles. The summed E-state index contributed by atoms with van der Waals surface area (Å²) in [5, 5.41) is 7.19. The molecule has 4 saturated carbocycles. The van der Waals surface area contributed by atoms with Crippen molar-refractivity contribution in [2.75, 3.05) is 13.2 Å². The Morgan fingerprint density at radius 3 is 2.60 bits per heavy atom. The third-order valence-electron chi connectivity index (χ3n) is 6.57. The second-order valence-electron chi connectivity index (χ2n) is 9.47. The summed E-state index contributed by atoms with van der Waals surface area (Å²) in [5.74, 6) is 0.721. The minimum Gasteiger partial charge on any atom is -0.373 e. The van der Waals surface area contributed by atoms with Gasteiger partial charge >= 0.3 is 0 Å². The average Bonchev–Trinajstić information content (AvgIpc) is 2.97. The summed E-state index contributed by atoms with van der Waals surface area (Å²) < 4.78 is 8.21. The van der Waals surface area contributed by atoms with Gasteiger partial charge in [-0.25, -0.2) is 0 Å². The van der Waals surface area contributed by atoms with Crippen molar-refractivity contribution in [1.82, 2.24) is 15.1 Å². The molecular weight excluding hydrogens is 314 g/mol. The molecule has 0 spiro atoms. The minimum absolute atomic E-state index is 0.0530. The number of ether oxygens (including phenoxy) is 1. The maximum absolute atomic E-state index is 12.2. The largest absolute Gasteiger partial charge is 0.373 e. The van der Waals surface area contributed by atoms with Crippen molar-refractivity contribution in [3.05, 3.63) is 18.0 Å². The van der Waals surface area contributed by atoms with Gasteiger partial charge < -0.3 is 10.1 Å². The van der Waals surface area contributed by atoms with E-state index in [4.69, 9.17) is 4.74 Å². The summed E-state index contributed by atoms with van der Waals surface area (Å²) >= 11 is 0. The van der Waals surface area contributed by atoms with E-state index in [9.17, 15) is 4.79 Å². The van der Waals surface area contributed by atoms with Gasteiger partial charge in [0.2, 0.25) is 0 Å². The molecule has 0 saturated heterocycles. The van der Waals surface area contributed by atoms with E-state index in [0.29, 0.717) is 29.7 Å². The molecule has 4 fully saturated rings. The average molecular weight is 345 g/mol. The van der Waals surface area contributed by atoms with Crippen molar-refractivity contribution in [3.63, 3.8) is 0 Å². The first kappa shape index (κ1) is 17.1. The molecule has 1 heterocycles. The molecule has 1 aromatic rings. The lowest BCUT2D eigenvalue weighted by molar-refractivity contribution is -0.213. The summed E-state index contributed by atoms with van der Waals surface area (Å²) in [5.41, 5.74) is 1.46. The summed E-state index contributed by atoms with van der Waals surface area (Å²) in [7, 11) is 0. The lowest BCUT2D eigenvalue weighted by Crippen LogP contribution is -2.59. The van der Waals surface area contributed by atoms with E-state index < -0.39 is 0 Å². The van der Waals surface area contributed by atoms with E-state index in [0.717, 1.165) is 12.5 Å². The molecule has 4 bridgehead atoms. The van der Waals surface area contributed by atoms with Crippen LogP contribution in [0, 0.1) is 16.7 Å². The predicted octanol–water partition coefficient (Wildman–Crippen LogP) is 3.40. The molecule has 5 nitrogen and oxygen atoms in total. The molecule has 25 heavy (non-hydrogen) atoms. The maximum atomic E-state index is 12.2. The molecule has 5 heteroatoms. The Morgan fingerprint density at radius 2 is 2.00 bits per heavy atom. The molecule has 2 atom stereocenters. The fourth-order valence-electron chi connectivity index (χ4n) is 6.69. The fourth-order valence-corrected chi connectivity index (χ4v) is 6.69. The molecule has 1 amide bonds. The lowest BCUT2D eigenvalue weighted by Gasteiger charge is -2.65.